The molecule has 2 aromatic heterocycles. The Kier molecular flexibility index (Phi) is 5.50. The number of nitrogens with zero attached hydrogens (tertiary/aromatic N) is 1. The summed E-state index contributed by atoms with van der Waals surface area (Å²) in [6.07, 6.45) is 2.35. The van der Waals surface area contributed by atoms with Crippen LogP contribution in [0.5, 0.6) is 0 Å². The van der Waals surface area contributed by atoms with Gasteiger partial charge in [0.2, 0.25) is 0 Å². The highest BCUT2D eigenvalue weighted by Gasteiger charge is 2.28. The number of nitrogens with one attached hydrogen (secondary N) is 1. The van der Waals surface area contributed by atoms with Crippen molar-refractivity contribution in [1.29, 1.82) is 0 Å². The summed E-state index contributed by atoms with van der Waals surface area (Å²) >= 11 is 0. The van der Waals surface area contributed by atoms with E-state index < -0.39 is 0 Å². The molecule has 1 N–H and O–H groups in total. The zero-order chi connectivity index (χ0) is 20.5. The maximum absolute atomic E-state index is 12.9. The molecule has 0 bridgehead atoms. The number of amides is 1. The second-order valence-electron chi connectivity index (χ2n) is 8.45. The molecular formula is C24H30N2O3. The number of benzene rings is 1. The van der Waals surface area contributed by atoms with Crippen LogP contribution in [0.4, 0.5) is 0 Å². The number of carbonyl (C=O) groups is 1. The Balaban J connectivity index is 1.52. The highest BCUT2D eigenvalue weighted by molar-refractivity contribution is 5.99. The van der Waals surface area contributed by atoms with Crippen LogP contribution in [0.2, 0.25) is 0 Å². The van der Waals surface area contributed by atoms with Crippen molar-refractivity contribution in [3.05, 3.63) is 58.7 Å². The lowest BCUT2D eigenvalue weighted by atomic mass is 9.97. The lowest BCUT2D eigenvalue weighted by Crippen LogP contribution is -2.41. The molecule has 3 aromatic rings. The second-order valence-corrected chi connectivity index (χ2v) is 8.45. The number of piperidine rings is 1. The number of hydrogen-bond donors (Lipinski definition) is 1. The average molecular weight is 395 g/mol. The molecule has 1 fully saturated rings. The number of likely N-dealkylation sites (tertiary alicyclic amines) is 1. The Bertz CT molecular complexity index is 1010. The van der Waals surface area contributed by atoms with Crippen molar-refractivity contribution in [1.82, 2.24) is 10.2 Å². The molecule has 3 heterocycles. The molecule has 0 saturated carbocycles. The normalized spacial score (nSPS) is 17.0. The third-order valence-electron chi connectivity index (χ3n) is 6.10. The summed E-state index contributed by atoms with van der Waals surface area (Å²) in [5, 5.41) is 4.10. The summed E-state index contributed by atoms with van der Waals surface area (Å²) in [7, 11) is 0. The quantitative estimate of drug-likeness (QED) is 0.650. The van der Waals surface area contributed by atoms with Crippen molar-refractivity contribution in [2.24, 2.45) is 5.92 Å². The van der Waals surface area contributed by atoms with E-state index in [1.54, 1.807) is 0 Å². The smallest absolute Gasteiger partial charge is 0.287 e. The van der Waals surface area contributed by atoms with Gasteiger partial charge >= 0.3 is 0 Å². The van der Waals surface area contributed by atoms with Crippen LogP contribution in [0.1, 0.15) is 59.0 Å². The molecule has 1 atom stereocenters. The van der Waals surface area contributed by atoms with E-state index in [9.17, 15) is 4.79 Å². The van der Waals surface area contributed by atoms with E-state index in [2.05, 4.69) is 23.2 Å². The van der Waals surface area contributed by atoms with E-state index in [4.69, 9.17) is 8.83 Å². The van der Waals surface area contributed by atoms with Gasteiger partial charge in [-0.2, -0.15) is 0 Å². The van der Waals surface area contributed by atoms with Crippen molar-refractivity contribution in [3.8, 4) is 0 Å². The Hall–Kier alpha value is -2.53. The van der Waals surface area contributed by atoms with Crippen LogP contribution in [0, 0.1) is 26.7 Å². The molecule has 1 aliphatic heterocycles. The van der Waals surface area contributed by atoms with E-state index in [1.165, 1.54) is 12.8 Å². The number of aryl methyl sites for hydroxylation is 3. The summed E-state index contributed by atoms with van der Waals surface area (Å²) in [5.41, 5.74) is 2.79. The Morgan fingerprint density at radius 2 is 1.90 bits per heavy atom. The minimum Gasteiger partial charge on any atom is -0.465 e. The van der Waals surface area contributed by atoms with Gasteiger partial charge in [0.1, 0.15) is 17.1 Å². The van der Waals surface area contributed by atoms with Crippen molar-refractivity contribution in [3.63, 3.8) is 0 Å². The van der Waals surface area contributed by atoms with Gasteiger partial charge < -0.3 is 14.2 Å². The molecule has 1 amide bonds. The van der Waals surface area contributed by atoms with Gasteiger partial charge in [-0.05, 0) is 76.9 Å². The first-order chi connectivity index (χ1) is 13.9. The lowest BCUT2D eigenvalue weighted by molar-refractivity contribution is 0.0871. The lowest BCUT2D eigenvalue weighted by Gasteiger charge is -2.35. The van der Waals surface area contributed by atoms with Gasteiger partial charge in [-0.15, -0.1) is 0 Å². The van der Waals surface area contributed by atoms with Crippen LogP contribution in [-0.4, -0.2) is 30.4 Å². The molecule has 1 unspecified atom stereocenters. The molecule has 1 aliphatic rings. The van der Waals surface area contributed by atoms with E-state index in [0.29, 0.717) is 12.3 Å². The third kappa shape index (κ3) is 4.10. The van der Waals surface area contributed by atoms with E-state index in [-0.39, 0.29) is 11.9 Å². The fourth-order valence-electron chi connectivity index (χ4n) is 4.20. The minimum atomic E-state index is -0.171. The first-order valence-electron chi connectivity index (χ1n) is 10.5. The summed E-state index contributed by atoms with van der Waals surface area (Å²) in [6.45, 7) is 10.8. The van der Waals surface area contributed by atoms with Gasteiger partial charge in [-0.25, -0.2) is 0 Å². The van der Waals surface area contributed by atoms with Gasteiger partial charge in [0, 0.05) is 17.5 Å². The maximum atomic E-state index is 12.9. The maximum Gasteiger partial charge on any atom is 0.287 e. The second kappa shape index (κ2) is 8.07. The number of carbonyl (C=O) groups excluding carboxylic acids is 1. The van der Waals surface area contributed by atoms with Crippen molar-refractivity contribution in [2.75, 3.05) is 19.6 Å². The molecule has 0 spiro atoms. The Morgan fingerprint density at radius 3 is 2.59 bits per heavy atom. The van der Waals surface area contributed by atoms with E-state index in [0.717, 1.165) is 52.6 Å². The highest BCUT2D eigenvalue weighted by Crippen LogP contribution is 2.29. The summed E-state index contributed by atoms with van der Waals surface area (Å²) < 4.78 is 11.8. The zero-order valence-corrected chi connectivity index (χ0v) is 17.7. The van der Waals surface area contributed by atoms with Gasteiger partial charge in [-0.3, -0.25) is 9.69 Å². The fraction of sp³-hybridized carbons (Fsp3) is 0.458. The first-order valence-corrected chi connectivity index (χ1v) is 10.5. The molecule has 4 rings (SSSR count). The van der Waals surface area contributed by atoms with Crippen molar-refractivity contribution >= 4 is 16.9 Å². The largest absolute Gasteiger partial charge is 0.465 e. The molecule has 154 valence electrons. The van der Waals surface area contributed by atoms with Crippen LogP contribution in [0.25, 0.3) is 11.0 Å². The summed E-state index contributed by atoms with van der Waals surface area (Å²) in [5.74, 6) is 2.78. The predicted molar refractivity (Wildman–Crippen MR) is 114 cm³/mol. The molecule has 0 aliphatic carbocycles. The van der Waals surface area contributed by atoms with Crippen molar-refractivity contribution in [2.45, 2.75) is 46.6 Å². The molecular weight excluding hydrogens is 364 g/mol. The molecule has 29 heavy (non-hydrogen) atoms. The number of hydrogen-bond acceptors (Lipinski definition) is 4. The molecule has 1 aromatic carbocycles. The van der Waals surface area contributed by atoms with Gasteiger partial charge in [-0.1, -0.05) is 18.6 Å². The molecule has 5 heteroatoms. The van der Waals surface area contributed by atoms with Crippen LogP contribution < -0.4 is 5.32 Å². The fourth-order valence-corrected chi connectivity index (χ4v) is 4.20. The van der Waals surface area contributed by atoms with Crippen LogP contribution in [0.15, 0.2) is 39.2 Å². The SMILES string of the molecule is Cc1ccc2oc(C(=O)NCC(c3ccc(C)o3)N3CCC(C)CC3)c(C)c2c1. The number of fused-ring (bicyclic) bond motifs is 1. The van der Waals surface area contributed by atoms with Crippen LogP contribution in [-0.2, 0) is 0 Å². The topological polar surface area (TPSA) is 58.6 Å². The highest BCUT2D eigenvalue weighted by atomic mass is 16.3. The predicted octanol–water partition coefficient (Wildman–Crippen LogP) is 5.15. The average Bonchev–Trinajstić information content (AvgIpc) is 3.27. The molecule has 1 saturated heterocycles. The number of rotatable bonds is 5. The van der Waals surface area contributed by atoms with Gasteiger partial charge in [0.05, 0.1) is 6.04 Å². The monoisotopic (exact) mass is 394 g/mol. The minimum absolute atomic E-state index is 0.0343. The van der Waals surface area contributed by atoms with E-state index >= 15 is 0 Å². The molecule has 0 radical (unpaired) electrons. The van der Waals surface area contributed by atoms with Crippen LogP contribution >= 0.6 is 0 Å². The van der Waals surface area contributed by atoms with Crippen molar-refractivity contribution < 1.29 is 13.6 Å². The van der Waals surface area contributed by atoms with Gasteiger partial charge in [0.15, 0.2) is 5.76 Å². The Morgan fingerprint density at radius 1 is 1.14 bits per heavy atom. The standard InChI is InChI=1S/C24H30N2O3/c1-15-9-11-26(12-10-15)20(22-8-6-17(3)28-22)14-25-24(27)23-18(4)19-13-16(2)5-7-21(19)29-23/h5-8,13,15,20H,9-12,14H2,1-4H3,(H,25,27). The summed E-state index contributed by atoms with van der Waals surface area (Å²) in [6, 6.07) is 10.0. The van der Waals surface area contributed by atoms with Gasteiger partial charge in [0.25, 0.3) is 5.91 Å². The number of furan rings is 2. The van der Waals surface area contributed by atoms with Crippen LogP contribution in [0.3, 0.4) is 0 Å². The molecule has 5 nitrogen and oxygen atoms in total. The van der Waals surface area contributed by atoms with E-state index in [1.807, 2.05) is 45.0 Å². The first kappa shape index (κ1) is 19.8. The third-order valence-corrected chi connectivity index (χ3v) is 6.10. The Labute approximate surface area is 172 Å². The summed E-state index contributed by atoms with van der Waals surface area (Å²) in [4.78, 5) is 15.4. The zero-order valence-electron chi connectivity index (χ0n) is 17.7.